The highest BCUT2D eigenvalue weighted by Crippen LogP contribution is 2.32. The van der Waals surface area contributed by atoms with Crippen molar-refractivity contribution in [3.8, 4) is 0 Å². The number of hydrogen-bond donors (Lipinski definition) is 1. The summed E-state index contributed by atoms with van der Waals surface area (Å²) in [5.74, 6) is -0.255. The van der Waals surface area contributed by atoms with Gasteiger partial charge in [-0.3, -0.25) is 14.5 Å². The first-order valence-electron chi connectivity index (χ1n) is 7.48. The van der Waals surface area contributed by atoms with Crippen LogP contribution in [0.25, 0.3) is 0 Å². The second-order valence-corrected chi connectivity index (χ2v) is 6.03. The van der Waals surface area contributed by atoms with E-state index < -0.39 is 6.04 Å². The monoisotopic (exact) mass is 328 g/mol. The van der Waals surface area contributed by atoms with E-state index in [0.717, 1.165) is 16.8 Å². The number of halogens is 1. The number of carbonyl (C=O) groups is 2. The van der Waals surface area contributed by atoms with Gasteiger partial charge in [0.15, 0.2) is 0 Å². The summed E-state index contributed by atoms with van der Waals surface area (Å²) in [6.07, 6.45) is 0.284. The van der Waals surface area contributed by atoms with Crippen molar-refractivity contribution >= 4 is 29.1 Å². The van der Waals surface area contributed by atoms with Crippen LogP contribution in [0.4, 0.5) is 5.69 Å². The molecule has 0 spiro atoms. The topological polar surface area (TPSA) is 49.4 Å². The molecular formula is C18H17ClN2O2. The Kier molecular flexibility index (Phi) is 4.35. The molecule has 0 saturated heterocycles. The molecule has 2 aromatic carbocycles. The number of carbonyl (C=O) groups excluding carboxylic acids is 2. The Balaban J connectivity index is 1.71. The van der Waals surface area contributed by atoms with Crippen LogP contribution in [0.3, 0.4) is 0 Å². The fourth-order valence-electron chi connectivity index (χ4n) is 2.79. The van der Waals surface area contributed by atoms with Crippen LogP contribution in [0.5, 0.6) is 0 Å². The van der Waals surface area contributed by atoms with Crippen LogP contribution in [0, 0.1) is 0 Å². The molecule has 5 heteroatoms. The standard InChI is InChI=1S/C18H17ClN2O2/c1-12(18(23)20-11-13-5-3-2-4-6-13)21-16-8-7-15(19)9-14(16)10-17(21)22/h2-9,12H,10-11H2,1H3,(H,20,23). The molecule has 1 aliphatic heterocycles. The lowest BCUT2D eigenvalue weighted by Crippen LogP contribution is -2.46. The van der Waals surface area contributed by atoms with E-state index in [9.17, 15) is 9.59 Å². The molecule has 0 fully saturated rings. The van der Waals surface area contributed by atoms with Gasteiger partial charge in [-0.15, -0.1) is 0 Å². The molecule has 0 aromatic heterocycles. The Bertz CT molecular complexity index is 746. The van der Waals surface area contributed by atoms with Crippen molar-refractivity contribution in [3.63, 3.8) is 0 Å². The number of nitrogens with one attached hydrogen (secondary N) is 1. The van der Waals surface area contributed by atoms with Gasteiger partial charge in [0.05, 0.1) is 6.42 Å². The Morgan fingerprint density at radius 1 is 1.26 bits per heavy atom. The average molecular weight is 329 g/mol. The highest BCUT2D eigenvalue weighted by Gasteiger charge is 2.34. The summed E-state index contributed by atoms with van der Waals surface area (Å²) < 4.78 is 0. The molecule has 118 valence electrons. The van der Waals surface area contributed by atoms with E-state index >= 15 is 0 Å². The van der Waals surface area contributed by atoms with Gasteiger partial charge in [-0.05, 0) is 36.2 Å². The van der Waals surface area contributed by atoms with Crippen molar-refractivity contribution in [1.29, 1.82) is 0 Å². The predicted molar refractivity (Wildman–Crippen MR) is 90.4 cm³/mol. The van der Waals surface area contributed by atoms with Crippen LogP contribution in [-0.2, 0) is 22.6 Å². The molecule has 1 N–H and O–H groups in total. The van der Waals surface area contributed by atoms with E-state index in [1.807, 2.05) is 30.3 Å². The molecule has 1 aliphatic rings. The van der Waals surface area contributed by atoms with Gasteiger partial charge in [-0.1, -0.05) is 41.9 Å². The molecule has 4 nitrogen and oxygen atoms in total. The summed E-state index contributed by atoms with van der Waals surface area (Å²) in [5, 5.41) is 3.48. The third-order valence-electron chi connectivity index (χ3n) is 3.99. The molecule has 2 amide bonds. The summed E-state index contributed by atoms with van der Waals surface area (Å²) in [6, 6.07) is 14.4. The van der Waals surface area contributed by atoms with Gasteiger partial charge < -0.3 is 5.32 Å². The van der Waals surface area contributed by atoms with Crippen molar-refractivity contribution in [1.82, 2.24) is 5.32 Å². The van der Waals surface area contributed by atoms with Crippen molar-refractivity contribution in [2.24, 2.45) is 0 Å². The Morgan fingerprint density at radius 2 is 2.00 bits per heavy atom. The smallest absolute Gasteiger partial charge is 0.243 e. The average Bonchev–Trinajstić information content (AvgIpc) is 2.87. The van der Waals surface area contributed by atoms with Gasteiger partial charge >= 0.3 is 0 Å². The van der Waals surface area contributed by atoms with E-state index in [4.69, 9.17) is 11.6 Å². The molecule has 1 heterocycles. The largest absolute Gasteiger partial charge is 0.350 e. The van der Waals surface area contributed by atoms with Crippen LogP contribution >= 0.6 is 11.6 Å². The summed E-state index contributed by atoms with van der Waals surface area (Å²) >= 11 is 5.97. The molecule has 3 rings (SSSR count). The minimum absolute atomic E-state index is 0.0790. The minimum atomic E-state index is -0.561. The van der Waals surface area contributed by atoms with Crippen molar-refractivity contribution in [2.45, 2.75) is 25.9 Å². The third kappa shape index (κ3) is 3.22. The van der Waals surface area contributed by atoms with E-state index in [2.05, 4.69) is 5.32 Å². The number of fused-ring (bicyclic) bond motifs is 1. The SMILES string of the molecule is CC(C(=O)NCc1ccccc1)N1C(=O)Cc2cc(Cl)ccc21. The number of hydrogen-bond acceptors (Lipinski definition) is 2. The molecule has 0 radical (unpaired) electrons. The number of nitrogens with zero attached hydrogens (tertiary/aromatic N) is 1. The quantitative estimate of drug-likeness (QED) is 0.938. The lowest BCUT2D eigenvalue weighted by Gasteiger charge is -2.24. The maximum absolute atomic E-state index is 12.4. The number of benzene rings is 2. The maximum atomic E-state index is 12.4. The number of anilines is 1. The van der Waals surface area contributed by atoms with Crippen molar-refractivity contribution < 1.29 is 9.59 Å². The van der Waals surface area contributed by atoms with Crippen molar-refractivity contribution in [2.75, 3.05) is 4.90 Å². The number of amides is 2. The van der Waals surface area contributed by atoms with Crippen LogP contribution < -0.4 is 10.2 Å². The zero-order chi connectivity index (χ0) is 16.4. The Morgan fingerprint density at radius 3 is 2.74 bits per heavy atom. The lowest BCUT2D eigenvalue weighted by molar-refractivity contribution is -0.125. The maximum Gasteiger partial charge on any atom is 0.243 e. The van der Waals surface area contributed by atoms with Gasteiger partial charge in [0.1, 0.15) is 6.04 Å². The van der Waals surface area contributed by atoms with Crippen molar-refractivity contribution in [3.05, 3.63) is 64.7 Å². The lowest BCUT2D eigenvalue weighted by atomic mass is 10.1. The van der Waals surface area contributed by atoms with Gasteiger partial charge in [-0.2, -0.15) is 0 Å². The first-order valence-corrected chi connectivity index (χ1v) is 7.86. The van der Waals surface area contributed by atoms with E-state index in [1.165, 1.54) is 0 Å². The summed E-state index contributed by atoms with van der Waals surface area (Å²) in [4.78, 5) is 26.2. The summed E-state index contributed by atoms with van der Waals surface area (Å²) in [7, 11) is 0. The molecule has 0 bridgehead atoms. The zero-order valence-corrected chi connectivity index (χ0v) is 13.5. The molecule has 1 unspecified atom stereocenters. The second-order valence-electron chi connectivity index (χ2n) is 5.59. The first-order chi connectivity index (χ1) is 11.1. The summed E-state index contributed by atoms with van der Waals surface area (Å²) in [5.41, 5.74) is 2.65. The Hall–Kier alpha value is -2.33. The third-order valence-corrected chi connectivity index (χ3v) is 4.22. The zero-order valence-electron chi connectivity index (χ0n) is 12.8. The molecule has 1 atom stereocenters. The molecule has 0 aliphatic carbocycles. The van der Waals surface area contributed by atoms with Gasteiger partial charge in [0.2, 0.25) is 11.8 Å². The van der Waals surface area contributed by atoms with Crippen LogP contribution in [0.15, 0.2) is 48.5 Å². The van der Waals surface area contributed by atoms with E-state index in [1.54, 1.807) is 30.0 Å². The summed E-state index contributed by atoms with van der Waals surface area (Å²) in [6.45, 7) is 2.18. The van der Waals surface area contributed by atoms with E-state index in [-0.39, 0.29) is 18.2 Å². The predicted octanol–water partition coefficient (Wildman–Crippen LogP) is 2.93. The second kappa shape index (κ2) is 6.42. The first kappa shape index (κ1) is 15.6. The highest BCUT2D eigenvalue weighted by molar-refractivity contribution is 6.31. The van der Waals surface area contributed by atoms with Gasteiger partial charge in [0.25, 0.3) is 0 Å². The van der Waals surface area contributed by atoms with Crippen LogP contribution in [0.2, 0.25) is 5.02 Å². The van der Waals surface area contributed by atoms with Gasteiger partial charge in [-0.25, -0.2) is 0 Å². The molecule has 23 heavy (non-hydrogen) atoms. The molecular weight excluding hydrogens is 312 g/mol. The molecule has 2 aromatic rings. The number of rotatable bonds is 4. The Labute approximate surface area is 140 Å². The van der Waals surface area contributed by atoms with Crippen LogP contribution in [-0.4, -0.2) is 17.9 Å². The normalized spacial score (nSPS) is 14.5. The van der Waals surface area contributed by atoms with Crippen LogP contribution in [0.1, 0.15) is 18.1 Å². The fourth-order valence-corrected chi connectivity index (χ4v) is 2.98. The minimum Gasteiger partial charge on any atom is -0.350 e. The fraction of sp³-hybridized carbons (Fsp3) is 0.222. The highest BCUT2D eigenvalue weighted by atomic mass is 35.5. The molecule has 0 saturated carbocycles. The van der Waals surface area contributed by atoms with E-state index in [0.29, 0.717) is 11.6 Å². The van der Waals surface area contributed by atoms with Gasteiger partial charge in [0, 0.05) is 17.3 Å².